The van der Waals surface area contributed by atoms with Crippen LogP contribution in [0.4, 0.5) is 0 Å². The highest BCUT2D eigenvalue weighted by molar-refractivity contribution is 9.09. The van der Waals surface area contributed by atoms with Gasteiger partial charge in [-0.15, -0.1) is 11.3 Å². The van der Waals surface area contributed by atoms with Gasteiger partial charge in [-0.3, -0.25) is 14.4 Å². The quantitative estimate of drug-likeness (QED) is 0.146. The summed E-state index contributed by atoms with van der Waals surface area (Å²) in [5, 5.41) is 17.4. The van der Waals surface area contributed by atoms with Crippen molar-refractivity contribution in [3.63, 3.8) is 0 Å². The Morgan fingerprint density at radius 1 is 1.05 bits per heavy atom. The Balaban J connectivity index is 1.52. The number of hydrogen-bond donors (Lipinski definition) is 3. The molecule has 2 heterocycles. The Kier molecular flexibility index (Phi) is 14.1. The lowest BCUT2D eigenvalue weighted by Crippen LogP contribution is -2.57. The molecule has 8 nitrogen and oxygen atoms in total. The van der Waals surface area contributed by atoms with Crippen LogP contribution in [0.25, 0.3) is 10.4 Å². The number of aliphatic hydroxyl groups is 1. The fourth-order valence-electron chi connectivity index (χ4n) is 5.45. The number of hydrogen-bond acceptors (Lipinski definition) is 6. The highest BCUT2D eigenvalue weighted by atomic mass is 79.9. The predicted molar refractivity (Wildman–Crippen MR) is 177 cm³/mol. The summed E-state index contributed by atoms with van der Waals surface area (Å²) >= 11 is 5.06. The number of aliphatic hydroxyl groups excluding tert-OH is 1. The molecule has 1 aliphatic rings. The van der Waals surface area contributed by atoms with Crippen molar-refractivity contribution >= 4 is 45.0 Å². The van der Waals surface area contributed by atoms with Crippen LogP contribution in [0.3, 0.4) is 0 Å². The average molecular weight is 678 g/mol. The van der Waals surface area contributed by atoms with Gasteiger partial charge < -0.3 is 20.6 Å². The summed E-state index contributed by atoms with van der Waals surface area (Å²) in [6, 6.07) is 6.38. The number of amides is 3. The van der Waals surface area contributed by atoms with Gasteiger partial charge in [0.1, 0.15) is 12.1 Å². The average Bonchev–Trinajstić information content (AvgIpc) is 3.58. The van der Waals surface area contributed by atoms with E-state index in [0.717, 1.165) is 46.3 Å². The lowest BCUT2D eigenvalue weighted by Gasteiger charge is -2.35. The Labute approximate surface area is 269 Å². The Hall–Kier alpha value is -2.30. The number of benzene rings is 1. The SMILES string of the molecule is Cc1ncsc1-c1ccc(CNC(=O)C2C[C@@H](O)CN2C(=O)[C@@H](NC(=O)CCCCCCCCCCBr)C(C)(C)C)cc1. The van der Waals surface area contributed by atoms with E-state index in [1.807, 2.05) is 57.5 Å². The van der Waals surface area contributed by atoms with E-state index in [-0.39, 0.29) is 30.7 Å². The van der Waals surface area contributed by atoms with E-state index >= 15 is 0 Å². The topological polar surface area (TPSA) is 112 Å². The molecule has 3 rings (SSSR count). The summed E-state index contributed by atoms with van der Waals surface area (Å²) in [4.78, 5) is 46.8. The molecule has 3 atom stereocenters. The maximum Gasteiger partial charge on any atom is 0.246 e. The molecule has 0 saturated carbocycles. The van der Waals surface area contributed by atoms with Crippen LogP contribution in [0.2, 0.25) is 0 Å². The van der Waals surface area contributed by atoms with Gasteiger partial charge >= 0.3 is 0 Å². The zero-order valence-corrected chi connectivity index (χ0v) is 28.6. The molecule has 3 N–H and O–H groups in total. The monoisotopic (exact) mass is 676 g/mol. The van der Waals surface area contributed by atoms with Gasteiger partial charge in [0.15, 0.2) is 0 Å². The summed E-state index contributed by atoms with van der Waals surface area (Å²) in [5.41, 5.74) is 4.27. The van der Waals surface area contributed by atoms with Crippen LogP contribution in [-0.4, -0.2) is 62.8 Å². The number of aromatic nitrogens is 1. The Morgan fingerprint density at radius 3 is 2.26 bits per heavy atom. The van der Waals surface area contributed by atoms with Crippen LogP contribution in [0.5, 0.6) is 0 Å². The molecule has 1 aromatic carbocycles. The van der Waals surface area contributed by atoms with Gasteiger partial charge in [-0.25, -0.2) is 4.98 Å². The molecule has 1 aliphatic heterocycles. The van der Waals surface area contributed by atoms with E-state index in [1.165, 1.54) is 37.0 Å². The van der Waals surface area contributed by atoms with Gasteiger partial charge in [-0.05, 0) is 36.3 Å². The van der Waals surface area contributed by atoms with Crippen molar-refractivity contribution in [2.45, 2.75) is 117 Å². The van der Waals surface area contributed by atoms with Crippen molar-refractivity contribution < 1.29 is 19.5 Å². The van der Waals surface area contributed by atoms with Crippen LogP contribution in [0.1, 0.15) is 96.2 Å². The normalized spacial score (nSPS) is 17.6. The summed E-state index contributed by atoms with van der Waals surface area (Å²) in [5.74, 6) is -0.785. The zero-order chi connectivity index (χ0) is 31.4. The highest BCUT2D eigenvalue weighted by Gasteiger charge is 2.44. The van der Waals surface area contributed by atoms with Crippen molar-refractivity contribution in [2.75, 3.05) is 11.9 Å². The standard InChI is InChI=1S/C33H49BrN4O4S/c1-23-29(43-22-36-23)25-16-14-24(15-17-25)20-35-31(41)27-19-26(39)21-38(27)32(42)30(33(2,3)4)37-28(40)13-11-9-7-5-6-8-10-12-18-34/h14-17,22,26-27,30,39H,5-13,18-21H2,1-4H3,(H,35,41)(H,37,40)/t26-,27?,30-/m1/s1. The first-order valence-electron chi connectivity index (χ1n) is 15.6. The second kappa shape index (κ2) is 17.3. The molecule has 238 valence electrons. The molecule has 43 heavy (non-hydrogen) atoms. The van der Waals surface area contributed by atoms with Gasteiger partial charge in [-0.1, -0.05) is 99.5 Å². The molecule has 1 unspecified atom stereocenters. The molecule has 2 aromatic rings. The molecular weight excluding hydrogens is 628 g/mol. The van der Waals surface area contributed by atoms with Gasteiger partial charge in [0.25, 0.3) is 0 Å². The number of nitrogens with zero attached hydrogens (tertiary/aromatic N) is 2. The van der Waals surface area contributed by atoms with Gasteiger partial charge in [0, 0.05) is 31.3 Å². The van der Waals surface area contributed by atoms with Crippen LogP contribution < -0.4 is 10.6 Å². The van der Waals surface area contributed by atoms with E-state index in [0.29, 0.717) is 13.0 Å². The summed E-state index contributed by atoms with van der Waals surface area (Å²) in [6.45, 7) is 8.08. The number of halogens is 1. The van der Waals surface area contributed by atoms with E-state index in [2.05, 4.69) is 31.5 Å². The highest BCUT2D eigenvalue weighted by Crippen LogP contribution is 2.28. The minimum absolute atomic E-state index is 0.0674. The molecule has 0 radical (unpaired) electrons. The molecule has 1 fully saturated rings. The number of rotatable bonds is 16. The largest absolute Gasteiger partial charge is 0.391 e. The van der Waals surface area contributed by atoms with Gasteiger partial charge in [0.05, 0.1) is 22.2 Å². The van der Waals surface area contributed by atoms with Crippen molar-refractivity contribution in [3.05, 3.63) is 41.0 Å². The number of β-amino-alcohol motifs (C(OH)–C–C–N with tert-alkyl or cyclic N) is 1. The second-order valence-electron chi connectivity index (χ2n) is 12.7. The number of unbranched alkanes of at least 4 members (excludes halogenated alkanes) is 7. The van der Waals surface area contributed by atoms with Crippen molar-refractivity contribution in [3.8, 4) is 10.4 Å². The van der Waals surface area contributed by atoms with E-state index in [1.54, 1.807) is 11.3 Å². The van der Waals surface area contributed by atoms with Gasteiger partial charge in [0.2, 0.25) is 17.7 Å². The number of aryl methyl sites for hydroxylation is 1. The second-order valence-corrected chi connectivity index (χ2v) is 14.4. The van der Waals surface area contributed by atoms with E-state index < -0.39 is 23.6 Å². The Morgan fingerprint density at radius 2 is 1.67 bits per heavy atom. The van der Waals surface area contributed by atoms with E-state index in [4.69, 9.17) is 0 Å². The van der Waals surface area contributed by atoms with Crippen LogP contribution in [0.15, 0.2) is 29.8 Å². The third-order valence-corrected chi connectivity index (χ3v) is 9.54. The minimum atomic E-state index is -0.794. The number of carbonyl (C=O) groups excluding carboxylic acids is 3. The predicted octanol–water partition coefficient (Wildman–Crippen LogP) is 6.13. The number of alkyl halides is 1. The Bertz CT molecular complexity index is 1180. The molecule has 0 spiro atoms. The first kappa shape index (κ1) is 35.2. The van der Waals surface area contributed by atoms with Crippen molar-refractivity contribution in [1.82, 2.24) is 20.5 Å². The van der Waals surface area contributed by atoms with Crippen LogP contribution in [0, 0.1) is 12.3 Å². The molecule has 0 bridgehead atoms. The molecule has 10 heteroatoms. The smallest absolute Gasteiger partial charge is 0.246 e. The summed E-state index contributed by atoms with van der Waals surface area (Å²) in [6.07, 6.45) is 8.80. The molecule has 1 saturated heterocycles. The zero-order valence-electron chi connectivity index (χ0n) is 26.2. The number of likely N-dealkylation sites (tertiary alicyclic amines) is 1. The molecule has 0 aliphatic carbocycles. The third-order valence-electron chi connectivity index (χ3n) is 8.00. The van der Waals surface area contributed by atoms with Crippen LogP contribution in [-0.2, 0) is 20.9 Å². The molecule has 1 aromatic heterocycles. The maximum absolute atomic E-state index is 13.8. The number of thiazole rings is 1. The fraction of sp³-hybridized carbons (Fsp3) is 0.636. The fourth-order valence-corrected chi connectivity index (χ4v) is 6.66. The number of carbonyl (C=O) groups is 3. The van der Waals surface area contributed by atoms with Gasteiger partial charge in [-0.2, -0.15) is 0 Å². The lowest BCUT2D eigenvalue weighted by molar-refractivity contribution is -0.144. The third kappa shape index (κ3) is 11.0. The molecular formula is C33H49BrN4O4S. The first-order valence-corrected chi connectivity index (χ1v) is 17.6. The van der Waals surface area contributed by atoms with Crippen LogP contribution >= 0.6 is 27.3 Å². The lowest BCUT2D eigenvalue weighted by atomic mass is 9.85. The summed E-state index contributed by atoms with van der Waals surface area (Å²) in [7, 11) is 0. The maximum atomic E-state index is 13.8. The van der Waals surface area contributed by atoms with Crippen molar-refractivity contribution in [2.24, 2.45) is 5.41 Å². The van der Waals surface area contributed by atoms with Crippen molar-refractivity contribution in [1.29, 1.82) is 0 Å². The minimum Gasteiger partial charge on any atom is -0.391 e. The first-order chi connectivity index (χ1) is 20.5. The molecule has 3 amide bonds. The number of nitrogens with one attached hydrogen (secondary N) is 2. The van der Waals surface area contributed by atoms with E-state index in [9.17, 15) is 19.5 Å². The summed E-state index contributed by atoms with van der Waals surface area (Å²) < 4.78 is 0.